The van der Waals surface area contributed by atoms with Crippen molar-refractivity contribution in [3.05, 3.63) is 12.2 Å². The Hall–Kier alpha value is -0.380. The van der Waals surface area contributed by atoms with Crippen LogP contribution in [0.3, 0.4) is 0 Å². The summed E-state index contributed by atoms with van der Waals surface area (Å²) in [7, 11) is 1.78. The maximum atomic E-state index is 6.03. The summed E-state index contributed by atoms with van der Waals surface area (Å²) >= 11 is 0. The molecule has 2 heterocycles. The van der Waals surface area contributed by atoms with Gasteiger partial charge in [-0.1, -0.05) is 12.2 Å². The minimum atomic E-state index is -0.0874. The minimum absolute atomic E-state index is 0.0695. The highest BCUT2D eigenvalue weighted by molar-refractivity contribution is 5.36. The highest BCUT2D eigenvalue weighted by atomic mass is 16.7. The predicted octanol–water partition coefficient (Wildman–Crippen LogP) is 1.03. The van der Waals surface area contributed by atoms with Crippen LogP contribution in [0, 0.1) is 0 Å². The van der Waals surface area contributed by atoms with Gasteiger partial charge in [-0.05, 0) is 19.3 Å². The average Bonchev–Trinajstić information content (AvgIpc) is 3.03. The lowest BCUT2D eigenvalue weighted by Gasteiger charge is -2.17. The van der Waals surface area contributed by atoms with Gasteiger partial charge in [0.25, 0.3) is 0 Å². The van der Waals surface area contributed by atoms with Crippen LogP contribution < -0.4 is 0 Å². The van der Waals surface area contributed by atoms with Gasteiger partial charge in [0.05, 0.1) is 6.10 Å². The third kappa shape index (κ3) is 0.630. The molecule has 4 aliphatic rings. The van der Waals surface area contributed by atoms with Crippen LogP contribution in [0.4, 0.5) is 0 Å². The lowest BCUT2D eigenvalue weighted by Crippen LogP contribution is -2.37. The normalized spacial score (nSPS) is 62.5. The summed E-state index contributed by atoms with van der Waals surface area (Å²) in [6.45, 7) is 0. The molecule has 3 nitrogen and oxygen atoms in total. The second-order valence-electron chi connectivity index (χ2n) is 4.81. The van der Waals surface area contributed by atoms with E-state index in [9.17, 15) is 0 Å². The Morgan fingerprint density at radius 2 is 2.43 bits per heavy atom. The number of ether oxygens (including phenoxy) is 3. The zero-order chi connectivity index (χ0) is 9.39. The number of fused-ring (bicyclic) bond motifs is 1. The monoisotopic (exact) mass is 194 g/mol. The van der Waals surface area contributed by atoms with Crippen LogP contribution in [0.15, 0.2) is 12.2 Å². The second kappa shape index (κ2) is 2.08. The molecule has 0 aromatic rings. The van der Waals surface area contributed by atoms with Gasteiger partial charge in [0.2, 0.25) is 0 Å². The summed E-state index contributed by atoms with van der Waals surface area (Å²) in [5, 5.41) is 0. The maximum absolute atomic E-state index is 6.03. The fourth-order valence-electron chi connectivity index (χ4n) is 3.59. The van der Waals surface area contributed by atoms with Crippen LogP contribution >= 0.6 is 0 Å². The van der Waals surface area contributed by atoms with E-state index in [0.29, 0.717) is 6.10 Å². The van der Waals surface area contributed by atoms with Crippen molar-refractivity contribution in [2.45, 2.75) is 48.8 Å². The lowest BCUT2D eigenvalue weighted by molar-refractivity contribution is 0.0111. The van der Waals surface area contributed by atoms with Gasteiger partial charge in [-0.25, -0.2) is 0 Å². The van der Waals surface area contributed by atoms with Crippen molar-refractivity contribution in [3.63, 3.8) is 0 Å². The molecule has 3 heteroatoms. The van der Waals surface area contributed by atoms with Crippen molar-refractivity contribution >= 4 is 0 Å². The van der Waals surface area contributed by atoms with Crippen molar-refractivity contribution in [1.82, 2.24) is 0 Å². The minimum Gasteiger partial charge on any atom is -0.378 e. The van der Waals surface area contributed by atoms with Gasteiger partial charge in [0.15, 0.2) is 5.60 Å². The molecule has 2 saturated heterocycles. The summed E-state index contributed by atoms with van der Waals surface area (Å²) in [6.07, 6.45) is 8.52. The topological polar surface area (TPSA) is 34.3 Å². The highest BCUT2D eigenvalue weighted by Gasteiger charge is 2.84. The van der Waals surface area contributed by atoms with Crippen LogP contribution in [0.25, 0.3) is 0 Å². The zero-order valence-corrected chi connectivity index (χ0v) is 8.23. The van der Waals surface area contributed by atoms with Crippen molar-refractivity contribution in [3.8, 4) is 0 Å². The van der Waals surface area contributed by atoms with Gasteiger partial charge < -0.3 is 14.2 Å². The fourth-order valence-corrected chi connectivity index (χ4v) is 3.59. The molecular weight excluding hydrogens is 180 g/mol. The van der Waals surface area contributed by atoms with Gasteiger partial charge in [0, 0.05) is 7.11 Å². The quantitative estimate of drug-likeness (QED) is 0.462. The lowest BCUT2D eigenvalue weighted by atomic mass is 9.89. The molecule has 3 fully saturated rings. The Balaban J connectivity index is 1.78. The van der Waals surface area contributed by atoms with Crippen LogP contribution in [-0.4, -0.2) is 36.6 Å². The summed E-state index contributed by atoms with van der Waals surface area (Å²) in [5.74, 6) is 0. The van der Waals surface area contributed by atoms with E-state index in [2.05, 4.69) is 12.2 Å². The molecule has 0 amide bonds. The van der Waals surface area contributed by atoms with E-state index in [-0.39, 0.29) is 23.4 Å². The first-order valence-corrected chi connectivity index (χ1v) is 5.37. The first-order chi connectivity index (χ1) is 6.82. The molecule has 76 valence electrons. The number of methoxy groups -OCH3 is 1. The van der Waals surface area contributed by atoms with Gasteiger partial charge in [0.1, 0.15) is 17.8 Å². The Bertz CT molecular complexity index is 326. The third-order valence-corrected chi connectivity index (χ3v) is 4.33. The number of hydrogen-bond acceptors (Lipinski definition) is 3. The Kier molecular flexibility index (Phi) is 1.17. The first-order valence-electron chi connectivity index (χ1n) is 5.37. The summed E-state index contributed by atoms with van der Waals surface area (Å²) < 4.78 is 17.2. The van der Waals surface area contributed by atoms with Crippen molar-refractivity contribution in [2.24, 2.45) is 0 Å². The smallest absolute Gasteiger partial charge is 0.153 e. The Labute approximate surface area is 83.0 Å². The molecule has 2 aliphatic carbocycles. The number of epoxide rings is 2. The van der Waals surface area contributed by atoms with E-state index in [1.54, 1.807) is 7.11 Å². The number of rotatable bonds is 1. The van der Waals surface area contributed by atoms with Crippen molar-refractivity contribution in [1.29, 1.82) is 0 Å². The molecule has 1 saturated carbocycles. The van der Waals surface area contributed by atoms with E-state index in [1.807, 2.05) is 0 Å². The molecule has 0 radical (unpaired) electrons. The largest absolute Gasteiger partial charge is 0.378 e. The molecule has 0 N–H and O–H groups in total. The maximum Gasteiger partial charge on any atom is 0.153 e. The molecule has 0 aromatic carbocycles. The van der Waals surface area contributed by atoms with Gasteiger partial charge in [-0.15, -0.1) is 0 Å². The Morgan fingerprint density at radius 3 is 3.29 bits per heavy atom. The molecule has 0 bridgehead atoms. The molecular formula is C11H14O3. The van der Waals surface area contributed by atoms with Crippen LogP contribution in [0.1, 0.15) is 19.3 Å². The SMILES string of the molecule is CO[C@H]1CC[C@@]23CC=C[C@@H]4O[C@@H]4[C@@]12O3. The first kappa shape index (κ1) is 7.85. The average molecular weight is 194 g/mol. The van der Waals surface area contributed by atoms with Crippen molar-refractivity contribution < 1.29 is 14.2 Å². The van der Waals surface area contributed by atoms with E-state index < -0.39 is 0 Å². The highest BCUT2D eigenvalue weighted by Crippen LogP contribution is 2.69. The number of hydrogen-bond donors (Lipinski definition) is 0. The van der Waals surface area contributed by atoms with Crippen LogP contribution in [0.5, 0.6) is 0 Å². The summed E-state index contributed by atoms with van der Waals surface area (Å²) in [4.78, 5) is 0. The predicted molar refractivity (Wildman–Crippen MR) is 49.0 cm³/mol. The molecule has 14 heavy (non-hydrogen) atoms. The fraction of sp³-hybridized carbons (Fsp3) is 0.818. The summed E-state index contributed by atoms with van der Waals surface area (Å²) in [6, 6.07) is 0. The standard InChI is InChI=1S/C11H14O3/c1-12-8-4-6-10-5-2-3-7-9(13-7)11(8,10)14-10/h2-3,7-9H,4-6H2,1H3/t7-,8-,9-,10-,11-/m0/s1. The van der Waals surface area contributed by atoms with E-state index in [0.717, 1.165) is 19.3 Å². The molecule has 5 atom stereocenters. The second-order valence-corrected chi connectivity index (χ2v) is 4.81. The van der Waals surface area contributed by atoms with Gasteiger partial charge in [-0.2, -0.15) is 0 Å². The van der Waals surface area contributed by atoms with E-state index in [4.69, 9.17) is 14.2 Å². The van der Waals surface area contributed by atoms with Gasteiger partial charge in [-0.3, -0.25) is 0 Å². The molecule has 2 aliphatic heterocycles. The van der Waals surface area contributed by atoms with Gasteiger partial charge >= 0.3 is 0 Å². The van der Waals surface area contributed by atoms with E-state index >= 15 is 0 Å². The molecule has 0 aromatic heterocycles. The van der Waals surface area contributed by atoms with E-state index in [1.165, 1.54) is 0 Å². The Morgan fingerprint density at radius 1 is 1.50 bits per heavy atom. The van der Waals surface area contributed by atoms with Crippen LogP contribution in [-0.2, 0) is 14.2 Å². The van der Waals surface area contributed by atoms with Crippen molar-refractivity contribution in [2.75, 3.05) is 7.11 Å². The van der Waals surface area contributed by atoms with Crippen LogP contribution in [0.2, 0.25) is 0 Å². The summed E-state index contributed by atoms with van der Waals surface area (Å²) in [5.41, 5.74) is -0.0178. The molecule has 0 spiro atoms. The molecule has 4 rings (SSSR count). The zero-order valence-electron chi connectivity index (χ0n) is 8.23. The third-order valence-electron chi connectivity index (χ3n) is 4.33. The molecule has 0 unspecified atom stereocenters.